The molecule has 18 heavy (non-hydrogen) atoms. The third kappa shape index (κ3) is 3.67. The van der Waals surface area contributed by atoms with Crippen molar-refractivity contribution in [2.45, 2.75) is 38.3 Å². The molecule has 2 unspecified atom stereocenters. The summed E-state index contributed by atoms with van der Waals surface area (Å²) >= 11 is 0. The number of carbonyl (C=O) groups is 1. The molecular formula is C13H25N3O2. The summed E-state index contributed by atoms with van der Waals surface area (Å²) in [5, 5.41) is 3.17. The zero-order valence-corrected chi connectivity index (χ0v) is 11.2. The minimum atomic E-state index is 0.0575. The predicted molar refractivity (Wildman–Crippen MR) is 70.2 cm³/mol. The number of nitrogens with zero attached hydrogens (tertiary/aromatic N) is 1. The van der Waals surface area contributed by atoms with Crippen LogP contribution < -0.4 is 11.1 Å². The first kappa shape index (κ1) is 13.8. The van der Waals surface area contributed by atoms with Gasteiger partial charge in [-0.25, -0.2) is 0 Å². The highest BCUT2D eigenvalue weighted by molar-refractivity contribution is 5.79. The standard InChI is InChI=1S/C13H25N3O2/c1-10-8-11(9-18-10)13(17)15-12-2-5-16(6-3-12)7-4-14/h10-12H,2-9,14H2,1H3,(H,15,17). The van der Waals surface area contributed by atoms with E-state index in [1.54, 1.807) is 0 Å². The van der Waals surface area contributed by atoms with E-state index in [1.807, 2.05) is 6.92 Å². The molecule has 3 N–H and O–H groups in total. The van der Waals surface area contributed by atoms with Crippen LogP contribution in [0, 0.1) is 5.92 Å². The summed E-state index contributed by atoms with van der Waals surface area (Å²) in [6.45, 7) is 6.38. The van der Waals surface area contributed by atoms with E-state index in [9.17, 15) is 4.79 Å². The molecule has 2 atom stereocenters. The molecule has 0 aromatic carbocycles. The Balaban J connectivity index is 1.69. The largest absolute Gasteiger partial charge is 0.378 e. The molecule has 0 bridgehead atoms. The number of hydrogen-bond donors (Lipinski definition) is 2. The maximum absolute atomic E-state index is 12.0. The van der Waals surface area contributed by atoms with Crippen molar-refractivity contribution in [1.29, 1.82) is 0 Å². The van der Waals surface area contributed by atoms with Crippen LogP contribution in [0.15, 0.2) is 0 Å². The number of ether oxygens (including phenoxy) is 1. The minimum Gasteiger partial charge on any atom is -0.378 e. The van der Waals surface area contributed by atoms with Gasteiger partial charge in [0.1, 0.15) is 0 Å². The van der Waals surface area contributed by atoms with Crippen molar-refractivity contribution < 1.29 is 9.53 Å². The van der Waals surface area contributed by atoms with E-state index in [2.05, 4.69) is 10.2 Å². The van der Waals surface area contributed by atoms with Crippen molar-refractivity contribution in [3.63, 3.8) is 0 Å². The molecule has 0 radical (unpaired) electrons. The van der Waals surface area contributed by atoms with Gasteiger partial charge in [0.25, 0.3) is 0 Å². The quantitative estimate of drug-likeness (QED) is 0.739. The minimum absolute atomic E-state index is 0.0575. The average molecular weight is 255 g/mol. The summed E-state index contributed by atoms with van der Waals surface area (Å²) in [6, 6.07) is 0.336. The maximum atomic E-state index is 12.0. The summed E-state index contributed by atoms with van der Waals surface area (Å²) in [6.07, 6.45) is 3.16. The lowest BCUT2D eigenvalue weighted by Gasteiger charge is -2.32. The van der Waals surface area contributed by atoms with Crippen molar-refractivity contribution >= 4 is 5.91 Å². The van der Waals surface area contributed by atoms with E-state index < -0.39 is 0 Å². The summed E-state index contributed by atoms with van der Waals surface area (Å²) in [5.41, 5.74) is 5.55. The van der Waals surface area contributed by atoms with Crippen LogP contribution in [-0.2, 0) is 9.53 Å². The molecule has 0 saturated carbocycles. The molecule has 2 saturated heterocycles. The van der Waals surface area contributed by atoms with E-state index in [0.29, 0.717) is 19.2 Å². The highest BCUT2D eigenvalue weighted by Crippen LogP contribution is 2.20. The Morgan fingerprint density at radius 3 is 2.72 bits per heavy atom. The molecule has 5 nitrogen and oxygen atoms in total. The normalized spacial score (nSPS) is 30.6. The van der Waals surface area contributed by atoms with Gasteiger partial charge in [0.05, 0.1) is 18.6 Å². The SMILES string of the molecule is CC1CC(C(=O)NC2CCN(CCN)CC2)CO1. The fourth-order valence-electron chi connectivity index (χ4n) is 2.80. The van der Waals surface area contributed by atoms with Crippen LogP contribution in [0.1, 0.15) is 26.2 Å². The fourth-order valence-corrected chi connectivity index (χ4v) is 2.80. The first-order valence-corrected chi connectivity index (χ1v) is 7.03. The molecule has 104 valence electrons. The van der Waals surface area contributed by atoms with Crippen molar-refractivity contribution in [3.8, 4) is 0 Å². The number of nitrogens with one attached hydrogen (secondary N) is 1. The first-order chi connectivity index (χ1) is 8.69. The van der Waals surface area contributed by atoms with Gasteiger partial charge >= 0.3 is 0 Å². The second-order valence-corrected chi connectivity index (χ2v) is 5.49. The Morgan fingerprint density at radius 2 is 2.17 bits per heavy atom. The van der Waals surface area contributed by atoms with Crippen LogP contribution in [0.3, 0.4) is 0 Å². The van der Waals surface area contributed by atoms with Crippen LogP contribution in [0.2, 0.25) is 0 Å². The van der Waals surface area contributed by atoms with Gasteiger partial charge in [-0.05, 0) is 26.2 Å². The summed E-state index contributed by atoms with van der Waals surface area (Å²) in [4.78, 5) is 14.4. The Hall–Kier alpha value is -0.650. The topological polar surface area (TPSA) is 67.6 Å². The van der Waals surface area contributed by atoms with Crippen LogP contribution in [0.5, 0.6) is 0 Å². The van der Waals surface area contributed by atoms with Crippen molar-refractivity contribution in [1.82, 2.24) is 10.2 Å². The number of rotatable bonds is 4. The third-order valence-electron chi connectivity index (χ3n) is 3.95. The van der Waals surface area contributed by atoms with E-state index in [1.165, 1.54) is 0 Å². The van der Waals surface area contributed by atoms with Crippen LogP contribution in [0.25, 0.3) is 0 Å². The number of carbonyl (C=O) groups excluding carboxylic acids is 1. The summed E-state index contributed by atoms with van der Waals surface area (Å²) in [5.74, 6) is 0.235. The summed E-state index contributed by atoms with van der Waals surface area (Å²) in [7, 11) is 0. The molecular weight excluding hydrogens is 230 g/mol. The smallest absolute Gasteiger partial charge is 0.225 e. The van der Waals surface area contributed by atoms with Gasteiger partial charge in [-0.3, -0.25) is 4.79 Å². The van der Waals surface area contributed by atoms with Gasteiger partial charge < -0.3 is 20.7 Å². The molecule has 0 spiro atoms. The second kappa shape index (κ2) is 6.50. The van der Waals surface area contributed by atoms with Crippen LogP contribution >= 0.6 is 0 Å². The Labute approximate surface area is 109 Å². The third-order valence-corrected chi connectivity index (χ3v) is 3.95. The molecule has 2 heterocycles. The van der Waals surface area contributed by atoms with Crippen molar-refractivity contribution in [2.24, 2.45) is 11.7 Å². The maximum Gasteiger partial charge on any atom is 0.225 e. The Kier molecular flexibility index (Phi) is 4.97. The predicted octanol–water partition coefficient (Wildman–Crippen LogP) is -0.0493. The molecule has 0 aromatic rings. The molecule has 5 heteroatoms. The van der Waals surface area contributed by atoms with E-state index in [0.717, 1.165) is 38.9 Å². The zero-order chi connectivity index (χ0) is 13.0. The average Bonchev–Trinajstić information content (AvgIpc) is 2.79. The number of likely N-dealkylation sites (tertiary alicyclic amines) is 1. The fraction of sp³-hybridized carbons (Fsp3) is 0.923. The molecule has 2 aliphatic heterocycles. The highest BCUT2D eigenvalue weighted by atomic mass is 16.5. The number of hydrogen-bond acceptors (Lipinski definition) is 4. The van der Waals surface area contributed by atoms with E-state index in [-0.39, 0.29) is 17.9 Å². The van der Waals surface area contributed by atoms with E-state index in [4.69, 9.17) is 10.5 Å². The number of amides is 1. The monoisotopic (exact) mass is 255 g/mol. The molecule has 0 aliphatic carbocycles. The lowest BCUT2D eigenvalue weighted by Crippen LogP contribution is -2.47. The van der Waals surface area contributed by atoms with Crippen LogP contribution in [-0.4, -0.2) is 55.7 Å². The molecule has 0 aromatic heterocycles. The Bertz CT molecular complexity index is 277. The number of nitrogens with two attached hydrogens (primary N) is 1. The lowest BCUT2D eigenvalue weighted by atomic mass is 10.0. The Morgan fingerprint density at radius 1 is 1.44 bits per heavy atom. The van der Waals surface area contributed by atoms with E-state index >= 15 is 0 Å². The molecule has 1 amide bonds. The summed E-state index contributed by atoms with van der Waals surface area (Å²) < 4.78 is 5.44. The number of piperidine rings is 1. The molecule has 2 rings (SSSR count). The second-order valence-electron chi connectivity index (χ2n) is 5.49. The van der Waals surface area contributed by atoms with Crippen LogP contribution in [0.4, 0.5) is 0 Å². The van der Waals surface area contributed by atoms with Gasteiger partial charge in [0, 0.05) is 32.2 Å². The van der Waals surface area contributed by atoms with Gasteiger partial charge in [-0.2, -0.15) is 0 Å². The molecule has 2 aliphatic rings. The van der Waals surface area contributed by atoms with Gasteiger partial charge in [0.15, 0.2) is 0 Å². The highest BCUT2D eigenvalue weighted by Gasteiger charge is 2.30. The van der Waals surface area contributed by atoms with Crippen molar-refractivity contribution in [2.75, 3.05) is 32.8 Å². The van der Waals surface area contributed by atoms with Gasteiger partial charge in [0.2, 0.25) is 5.91 Å². The van der Waals surface area contributed by atoms with Gasteiger partial charge in [-0.1, -0.05) is 0 Å². The zero-order valence-electron chi connectivity index (χ0n) is 11.2. The lowest BCUT2D eigenvalue weighted by molar-refractivity contribution is -0.126. The van der Waals surface area contributed by atoms with Crippen molar-refractivity contribution in [3.05, 3.63) is 0 Å². The molecule has 2 fully saturated rings. The first-order valence-electron chi connectivity index (χ1n) is 7.03. The van der Waals surface area contributed by atoms with Gasteiger partial charge in [-0.15, -0.1) is 0 Å².